The normalized spacial score (nSPS) is 11.9. The van der Waals surface area contributed by atoms with E-state index in [0.29, 0.717) is 5.56 Å². The first-order valence-corrected chi connectivity index (χ1v) is 5.95. The van der Waals surface area contributed by atoms with E-state index in [1.165, 1.54) is 18.2 Å². The molecule has 2 aromatic rings. The minimum atomic E-state index is -1.06. The quantitative estimate of drug-likeness (QED) is 0.897. The second kappa shape index (κ2) is 5.71. The van der Waals surface area contributed by atoms with Crippen molar-refractivity contribution >= 4 is 23.3 Å². The van der Waals surface area contributed by atoms with Crippen molar-refractivity contribution in [3.05, 3.63) is 64.9 Å². The Balaban J connectivity index is 2.32. The molecule has 1 atom stereocenters. The average molecular weight is 280 g/mol. The second-order valence-corrected chi connectivity index (χ2v) is 4.36. The Kier molecular flexibility index (Phi) is 4.02. The van der Waals surface area contributed by atoms with E-state index in [0.717, 1.165) is 0 Å². The van der Waals surface area contributed by atoms with Crippen LogP contribution in [0.4, 0.5) is 10.1 Å². The Morgan fingerprint density at radius 2 is 1.89 bits per heavy atom. The zero-order chi connectivity index (χ0) is 13.8. The highest BCUT2D eigenvalue weighted by molar-refractivity contribution is 6.33. The van der Waals surface area contributed by atoms with E-state index in [2.05, 4.69) is 5.32 Å². The van der Waals surface area contributed by atoms with Gasteiger partial charge in [0.05, 0.1) is 10.7 Å². The van der Waals surface area contributed by atoms with Crippen LogP contribution in [0.15, 0.2) is 48.5 Å². The highest BCUT2D eigenvalue weighted by Crippen LogP contribution is 2.27. The van der Waals surface area contributed by atoms with Gasteiger partial charge in [0.1, 0.15) is 5.82 Å². The SMILES string of the molecule is O=C(O)C(Nc1cc(F)ccc1Cl)c1ccccc1. The maximum atomic E-state index is 13.2. The molecule has 0 bridgehead atoms. The van der Waals surface area contributed by atoms with Crippen LogP contribution in [0, 0.1) is 5.82 Å². The van der Waals surface area contributed by atoms with Crippen molar-refractivity contribution in [3.8, 4) is 0 Å². The van der Waals surface area contributed by atoms with Gasteiger partial charge in [-0.15, -0.1) is 0 Å². The van der Waals surface area contributed by atoms with Gasteiger partial charge in [0, 0.05) is 0 Å². The molecule has 98 valence electrons. The summed E-state index contributed by atoms with van der Waals surface area (Å²) in [5.41, 5.74) is 0.813. The van der Waals surface area contributed by atoms with E-state index >= 15 is 0 Å². The maximum absolute atomic E-state index is 13.2. The number of carboxylic acids is 1. The number of halogens is 2. The van der Waals surface area contributed by atoms with Gasteiger partial charge in [0.25, 0.3) is 0 Å². The highest BCUT2D eigenvalue weighted by atomic mass is 35.5. The summed E-state index contributed by atoms with van der Waals surface area (Å²) in [5.74, 6) is -1.55. The van der Waals surface area contributed by atoms with E-state index in [1.54, 1.807) is 30.3 Å². The Hall–Kier alpha value is -2.07. The lowest BCUT2D eigenvalue weighted by Gasteiger charge is -2.17. The van der Waals surface area contributed by atoms with E-state index in [-0.39, 0.29) is 10.7 Å². The van der Waals surface area contributed by atoms with E-state index in [1.807, 2.05) is 0 Å². The van der Waals surface area contributed by atoms with Crippen LogP contribution in [0.3, 0.4) is 0 Å². The zero-order valence-corrected chi connectivity index (χ0v) is 10.6. The van der Waals surface area contributed by atoms with Crippen LogP contribution in [0.25, 0.3) is 0 Å². The monoisotopic (exact) mass is 279 g/mol. The van der Waals surface area contributed by atoms with Crippen molar-refractivity contribution in [2.24, 2.45) is 0 Å². The highest BCUT2D eigenvalue weighted by Gasteiger charge is 2.20. The number of carbonyl (C=O) groups is 1. The first kappa shape index (κ1) is 13.4. The number of carboxylic acid groups (broad SMARTS) is 1. The van der Waals surface area contributed by atoms with Crippen molar-refractivity contribution in [3.63, 3.8) is 0 Å². The minimum absolute atomic E-state index is 0.248. The van der Waals surface area contributed by atoms with Gasteiger partial charge < -0.3 is 10.4 Å². The molecule has 0 aromatic heterocycles. The summed E-state index contributed by atoms with van der Waals surface area (Å²) in [6.07, 6.45) is 0. The summed E-state index contributed by atoms with van der Waals surface area (Å²) in [5, 5.41) is 12.2. The first-order valence-electron chi connectivity index (χ1n) is 5.57. The number of aliphatic carboxylic acids is 1. The third-order valence-electron chi connectivity index (χ3n) is 2.61. The van der Waals surface area contributed by atoms with Crippen LogP contribution >= 0.6 is 11.6 Å². The molecule has 5 heteroatoms. The van der Waals surface area contributed by atoms with Crippen molar-refractivity contribution in [1.29, 1.82) is 0 Å². The van der Waals surface area contributed by atoms with E-state index < -0.39 is 17.8 Å². The fourth-order valence-corrected chi connectivity index (χ4v) is 1.87. The lowest BCUT2D eigenvalue weighted by molar-refractivity contribution is -0.138. The summed E-state index contributed by atoms with van der Waals surface area (Å²) in [4.78, 5) is 11.3. The van der Waals surface area contributed by atoms with E-state index in [9.17, 15) is 14.3 Å². The second-order valence-electron chi connectivity index (χ2n) is 3.95. The molecular formula is C14H11ClFNO2. The largest absolute Gasteiger partial charge is 0.479 e. The molecule has 0 radical (unpaired) electrons. The van der Waals surface area contributed by atoms with Gasteiger partial charge in [0.2, 0.25) is 0 Å². The molecule has 0 fully saturated rings. The van der Waals surface area contributed by atoms with E-state index in [4.69, 9.17) is 11.6 Å². The molecule has 0 heterocycles. The lowest BCUT2D eigenvalue weighted by atomic mass is 10.1. The molecule has 0 aliphatic heterocycles. The number of rotatable bonds is 4. The number of hydrogen-bond donors (Lipinski definition) is 2. The van der Waals surface area contributed by atoms with Crippen LogP contribution in [0.5, 0.6) is 0 Å². The van der Waals surface area contributed by atoms with Crippen molar-refractivity contribution in [1.82, 2.24) is 0 Å². The van der Waals surface area contributed by atoms with Crippen molar-refractivity contribution < 1.29 is 14.3 Å². The third-order valence-corrected chi connectivity index (χ3v) is 2.94. The maximum Gasteiger partial charge on any atom is 0.330 e. The van der Waals surface area contributed by atoms with Crippen molar-refractivity contribution in [2.45, 2.75) is 6.04 Å². The number of benzene rings is 2. The summed E-state index contributed by atoms with van der Waals surface area (Å²) < 4.78 is 13.2. The minimum Gasteiger partial charge on any atom is -0.479 e. The van der Waals surface area contributed by atoms with Gasteiger partial charge in [-0.1, -0.05) is 41.9 Å². The van der Waals surface area contributed by atoms with Gasteiger partial charge >= 0.3 is 5.97 Å². The molecule has 2 N–H and O–H groups in total. The topological polar surface area (TPSA) is 49.3 Å². The van der Waals surface area contributed by atoms with Crippen LogP contribution in [-0.4, -0.2) is 11.1 Å². The summed E-state index contributed by atoms with van der Waals surface area (Å²) in [7, 11) is 0. The fraction of sp³-hybridized carbons (Fsp3) is 0.0714. The zero-order valence-electron chi connectivity index (χ0n) is 9.81. The molecule has 0 amide bonds. The Morgan fingerprint density at radius 1 is 1.21 bits per heavy atom. The summed E-state index contributed by atoms with van der Waals surface area (Å²) in [6.45, 7) is 0. The molecule has 3 nitrogen and oxygen atoms in total. The van der Waals surface area contributed by atoms with Crippen molar-refractivity contribution in [2.75, 3.05) is 5.32 Å². The van der Waals surface area contributed by atoms with Gasteiger partial charge in [-0.3, -0.25) is 0 Å². The average Bonchev–Trinajstić information content (AvgIpc) is 2.40. The number of hydrogen-bond acceptors (Lipinski definition) is 2. The molecule has 0 saturated heterocycles. The molecule has 0 spiro atoms. The first-order chi connectivity index (χ1) is 9.08. The fourth-order valence-electron chi connectivity index (χ4n) is 1.70. The van der Waals surface area contributed by atoms with Crippen LogP contribution < -0.4 is 5.32 Å². The van der Waals surface area contributed by atoms with Crippen LogP contribution in [-0.2, 0) is 4.79 Å². The molecule has 2 aromatic carbocycles. The van der Waals surface area contributed by atoms with Gasteiger partial charge in [-0.25, -0.2) is 9.18 Å². The number of anilines is 1. The Labute approximate surface area is 114 Å². The molecule has 0 aliphatic carbocycles. The van der Waals surface area contributed by atoms with Gasteiger partial charge in [-0.2, -0.15) is 0 Å². The predicted octanol–water partition coefficient (Wildman–Crippen LogP) is 3.72. The molecule has 2 rings (SSSR count). The molecule has 0 aliphatic rings. The third kappa shape index (κ3) is 3.23. The Bertz CT molecular complexity index is 589. The molecular weight excluding hydrogens is 269 g/mol. The number of nitrogens with one attached hydrogen (secondary N) is 1. The molecule has 0 saturated carbocycles. The molecule has 19 heavy (non-hydrogen) atoms. The standard InChI is InChI=1S/C14H11ClFNO2/c15-11-7-6-10(16)8-12(11)17-13(14(18)19)9-4-2-1-3-5-9/h1-8,13,17H,(H,18,19). The van der Waals surface area contributed by atoms with Crippen LogP contribution in [0.1, 0.15) is 11.6 Å². The smallest absolute Gasteiger partial charge is 0.330 e. The molecule has 1 unspecified atom stereocenters. The summed E-state index contributed by atoms with van der Waals surface area (Å²) >= 11 is 5.91. The Morgan fingerprint density at radius 3 is 2.53 bits per heavy atom. The van der Waals surface area contributed by atoms with Crippen LogP contribution in [0.2, 0.25) is 5.02 Å². The van der Waals surface area contributed by atoms with Gasteiger partial charge in [0.15, 0.2) is 6.04 Å². The van der Waals surface area contributed by atoms with Gasteiger partial charge in [-0.05, 0) is 23.8 Å². The predicted molar refractivity (Wildman–Crippen MR) is 71.9 cm³/mol. The lowest BCUT2D eigenvalue weighted by Crippen LogP contribution is -2.20. The summed E-state index contributed by atoms with van der Waals surface area (Å²) in [6, 6.07) is 11.4.